The van der Waals surface area contributed by atoms with Crippen molar-refractivity contribution in [2.24, 2.45) is 5.73 Å². The number of hydrogen-bond donors (Lipinski definition) is 3. The van der Waals surface area contributed by atoms with Gasteiger partial charge in [-0.05, 0) is 19.1 Å². The second-order valence-electron chi connectivity index (χ2n) is 4.08. The lowest BCUT2D eigenvalue weighted by molar-refractivity contribution is -0.121. The third-order valence-electron chi connectivity index (χ3n) is 2.41. The third kappa shape index (κ3) is 3.62. The number of nitrogens with one attached hydrogen (secondary N) is 2. The standard InChI is InChI=1S/C12H13ClN6O/c1-7(14)11(20)17-19-12-16-10(6-15-18-12)8-2-4-9(13)5-3-8/h2-7H,14H2,1H3,(H,17,20)(H,16,18,19). The molecule has 0 aliphatic carbocycles. The summed E-state index contributed by atoms with van der Waals surface area (Å²) in [6.07, 6.45) is 1.52. The molecule has 0 bridgehead atoms. The second-order valence-corrected chi connectivity index (χ2v) is 4.51. The first-order chi connectivity index (χ1) is 9.56. The Bertz CT molecular complexity index is 601. The van der Waals surface area contributed by atoms with Gasteiger partial charge in [0.1, 0.15) is 0 Å². The van der Waals surface area contributed by atoms with Gasteiger partial charge >= 0.3 is 0 Å². The number of anilines is 1. The summed E-state index contributed by atoms with van der Waals surface area (Å²) in [5.41, 5.74) is 11.8. The Morgan fingerprint density at radius 1 is 1.35 bits per heavy atom. The van der Waals surface area contributed by atoms with Crippen LogP contribution in [-0.4, -0.2) is 27.1 Å². The molecule has 0 radical (unpaired) electrons. The van der Waals surface area contributed by atoms with E-state index in [4.69, 9.17) is 17.3 Å². The number of amides is 1. The van der Waals surface area contributed by atoms with Crippen LogP contribution in [0.15, 0.2) is 30.5 Å². The molecule has 0 aliphatic rings. The van der Waals surface area contributed by atoms with Gasteiger partial charge in [0.2, 0.25) is 0 Å². The Labute approximate surface area is 120 Å². The minimum absolute atomic E-state index is 0.173. The van der Waals surface area contributed by atoms with E-state index in [0.29, 0.717) is 10.7 Å². The Balaban J connectivity index is 2.12. The highest BCUT2D eigenvalue weighted by Crippen LogP contribution is 2.19. The second kappa shape index (κ2) is 6.27. The van der Waals surface area contributed by atoms with E-state index in [0.717, 1.165) is 5.56 Å². The molecule has 1 aromatic carbocycles. The molecule has 7 nitrogen and oxygen atoms in total. The molecule has 1 heterocycles. The highest BCUT2D eigenvalue weighted by molar-refractivity contribution is 6.30. The van der Waals surface area contributed by atoms with Gasteiger partial charge in [-0.3, -0.25) is 15.6 Å². The van der Waals surface area contributed by atoms with Crippen LogP contribution in [0.1, 0.15) is 6.92 Å². The van der Waals surface area contributed by atoms with Crippen LogP contribution in [-0.2, 0) is 4.79 Å². The van der Waals surface area contributed by atoms with Crippen LogP contribution in [0.2, 0.25) is 5.02 Å². The van der Waals surface area contributed by atoms with Crippen molar-refractivity contribution in [1.29, 1.82) is 0 Å². The fourth-order valence-corrected chi connectivity index (χ4v) is 1.47. The number of halogens is 1. The molecule has 1 atom stereocenters. The van der Waals surface area contributed by atoms with Gasteiger partial charge in [-0.2, -0.15) is 5.10 Å². The van der Waals surface area contributed by atoms with E-state index in [-0.39, 0.29) is 11.9 Å². The van der Waals surface area contributed by atoms with Crippen LogP contribution in [0.3, 0.4) is 0 Å². The molecule has 4 N–H and O–H groups in total. The maximum absolute atomic E-state index is 11.3. The first-order valence-electron chi connectivity index (χ1n) is 5.83. The van der Waals surface area contributed by atoms with Gasteiger partial charge in [0.25, 0.3) is 11.9 Å². The Morgan fingerprint density at radius 3 is 2.70 bits per heavy atom. The Morgan fingerprint density at radius 2 is 2.05 bits per heavy atom. The lowest BCUT2D eigenvalue weighted by Crippen LogP contribution is -2.41. The van der Waals surface area contributed by atoms with Crippen LogP contribution in [0, 0.1) is 0 Å². The van der Waals surface area contributed by atoms with Gasteiger partial charge in [-0.15, -0.1) is 5.10 Å². The number of carbonyl (C=O) groups excluding carboxylic acids is 1. The van der Waals surface area contributed by atoms with Crippen LogP contribution >= 0.6 is 11.6 Å². The molecule has 2 rings (SSSR count). The summed E-state index contributed by atoms with van der Waals surface area (Å²) in [6, 6.07) is 6.51. The fraction of sp³-hybridized carbons (Fsp3) is 0.167. The summed E-state index contributed by atoms with van der Waals surface area (Å²) in [6.45, 7) is 1.57. The zero-order valence-corrected chi connectivity index (χ0v) is 11.4. The van der Waals surface area contributed by atoms with Gasteiger partial charge in [0, 0.05) is 10.6 Å². The van der Waals surface area contributed by atoms with Gasteiger partial charge in [-0.25, -0.2) is 4.98 Å². The topological polar surface area (TPSA) is 106 Å². The van der Waals surface area contributed by atoms with Gasteiger partial charge in [0.15, 0.2) is 0 Å². The number of benzene rings is 1. The Hall–Kier alpha value is -2.25. The summed E-state index contributed by atoms with van der Waals surface area (Å²) >= 11 is 5.82. The molecule has 2 aromatic rings. The lowest BCUT2D eigenvalue weighted by Gasteiger charge is -2.09. The van der Waals surface area contributed by atoms with Crippen LogP contribution in [0.5, 0.6) is 0 Å². The monoisotopic (exact) mass is 292 g/mol. The molecule has 1 unspecified atom stereocenters. The van der Waals surface area contributed by atoms with Crippen molar-refractivity contribution in [3.8, 4) is 11.3 Å². The van der Waals surface area contributed by atoms with E-state index >= 15 is 0 Å². The van der Waals surface area contributed by atoms with E-state index < -0.39 is 6.04 Å². The number of nitrogens with zero attached hydrogens (tertiary/aromatic N) is 3. The average Bonchev–Trinajstić information content (AvgIpc) is 2.45. The van der Waals surface area contributed by atoms with E-state index in [1.165, 1.54) is 6.20 Å². The molecule has 0 saturated carbocycles. The molecule has 0 saturated heterocycles. The molecule has 0 spiro atoms. The summed E-state index contributed by atoms with van der Waals surface area (Å²) in [5.74, 6) is -0.197. The maximum Gasteiger partial charge on any atom is 0.262 e. The minimum atomic E-state index is -0.630. The largest absolute Gasteiger partial charge is 0.320 e. The van der Waals surface area contributed by atoms with Crippen molar-refractivity contribution in [2.75, 3.05) is 5.43 Å². The highest BCUT2D eigenvalue weighted by Gasteiger charge is 2.08. The Kier molecular flexibility index (Phi) is 4.44. The first-order valence-corrected chi connectivity index (χ1v) is 6.21. The fourth-order valence-electron chi connectivity index (χ4n) is 1.35. The number of hydrogen-bond acceptors (Lipinski definition) is 6. The molecule has 8 heteroatoms. The van der Waals surface area contributed by atoms with Gasteiger partial charge in [0.05, 0.1) is 17.9 Å². The zero-order chi connectivity index (χ0) is 14.5. The minimum Gasteiger partial charge on any atom is -0.320 e. The molecule has 20 heavy (non-hydrogen) atoms. The molecule has 1 aromatic heterocycles. The van der Waals surface area contributed by atoms with Crippen molar-refractivity contribution in [3.63, 3.8) is 0 Å². The van der Waals surface area contributed by atoms with E-state index in [1.54, 1.807) is 19.1 Å². The van der Waals surface area contributed by atoms with Crippen LogP contribution in [0.4, 0.5) is 5.95 Å². The van der Waals surface area contributed by atoms with Gasteiger partial charge < -0.3 is 5.73 Å². The van der Waals surface area contributed by atoms with Crippen molar-refractivity contribution in [1.82, 2.24) is 20.6 Å². The van der Waals surface area contributed by atoms with Crippen LogP contribution in [0.25, 0.3) is 11.3 Å². The van der Waals surface area contributed by atoms with E-state index in [1.807, 2.05) is 12.1 Å². The normalized spacial score (nSPS) is 11.8. The zero-order valence-electron chi connectivity index (χ0n) is 10.7. The SMILES string of the molecule is CC(N)C(=O)NNc1nncc(-c2ccc(Cl)cc2)n1. The molecule has 0 aliphatic heterocycles. The smallest absolute Gasteiger partial charge is 0.262 e. The molecular formula is C12H13ClN6O. The summed E-state index contributed by atoms with van der Waals surface area (Å²) in [5, 5.41) is 8.21. The average molecular weight is 293 g/mol. The van der Waals surface area contributed by atoms with Gasteiger partial charge in [-0.1, -0.05) is 23.7 Å². The number of carbonyl (C=O) groups is 1. The molecule has 1 amide bonds. The molecule has 104 valence electrons. The number of aromatic nitrogens is 3. The summed E-state index contributed by atoms with van der Waals surface area (Å²) < 4.78 is 0. The number of rotatable bonds is 4. The van der Waals surface area contributed by atoms with Crippen molar-refractivity contribution in [2.45, 2.75) is 13.0 Å². The third-order valence-corrected chi connectivity index (χ3v) is 2.66. The number of hydrazine groups is 1. The molecular weight excluding hydrogens is 280 g/mol. The van der Waals surface area contributed by atoms with Crippen LogP contribution < -0.4 is 16.6 Å². The summed E-state index contributed by atoms with van der Waals surface area (Å²) in [4.78, 5) is 15.5. The lowest BCUT2D eigenvalue weighted by atomic mass is 10.2. The van der Waals surface area contributed by atoms with E-state index in [2.05, 4.69) is 26.0 Å². The molecule has 0 fully saturated rings. The van der Waals surface area contributed by atoms with Crippen molar-refractivity contribution >= 4 is 23.5 Å². The quantitative estimate of drug-likeness (QED) is 0.726. The first kappa shape index (κ1) is 14.2. The van der Waals surface area contributed by atoms with E-state index in [9.17, 15) is 4.79 Å². The highest BCUT2D eigenvalue weighted by atomic mass is 35.5. The number of nitrogens with two attached hydrogens (primary N) is 1. The maximum atomic E-state index is 11.3. The predicted molar refractivity (Wildman–Crippen MR) is 75.7 cm³/mol. The van der Waals surface area contributed by atoms with Crippen molar-refractivity contribution < 1.29 is 4.79 Å². The van der Waals surface area contributed by atoms with Crippen molar-refractivity contribution in [3.05, 3.63) is 35.5 Å². The summed E-state index contributed by atoms with van der Waals surface area (Å²) in [7, 11) is 0. The predicted octanol–water partition coefficient (Wildman–Crippen LogP) is 0.982.